The number of fused-ring (bicyclic) bond motifs is 2. The van der Waals surface area contributed by atoms with Gasteiger partial charge in [-0.25, -0.2) is 8.42 Å². The van der Waals surface area contributed by atoms with Gasteiger partial charge in [-0.2, -0.15) is 0 Å². The Morgan fingerprint density at radius 2 is 1.73 bits per heavy atom. The highest BCUT2D eigenvalue weighted by Crippen LogP contribution is 2.38. The van der Waals surface area contributed by atoms with Crippen LogP contribution in [0.4, 0.5) is 5.69 Å². The molecule has 0 atom stereocenters. The van der Waals surface area contributed by atoms with Gasteiger partial charge in [0.25, 0.3) is 11.8 Å². The summed E-state index contributed by atoms with van der Waals surface area (Å²) in [4.78, 5) is 27.8. The van der Waals surface area contributed by atoms with Crippen molar-refractivity contribution >= 4 is 27.3 Å². The minimum atomic E-state index is -3.97. The summed E-state index contributed by atoms with van der Waals surface area (Å²) in [5.41, 5.74) is 3.58. The summed E-state index contributed by atoms with van der Waals surface area (Å²) in [7, 11) is -3.97. The second kappa shape index (κ2) is 8.83. The van der Waals surface area contributed by atoms with Crippen LogP contribution in [0, 0.1) is 13.8 Å². The zero-order chi connectivity index (χ0) is 23.8. The molecule has 0 aromatic heterocycles. The standard InChI is InChI=1S/C26H26N2O4S/c1-4-13-27-25(29)19-11-12-24-22(15-19)28(16-20-14-17(2)9-10-18(20)3)26(30)21-7-5-6-8-23(21)33(24,31)32/h5-12,14-15H,4,13,16H2,1-3H3,(H,27,29). The number of benzene rings is 3. The van der Waals surface area contributed by atoms with Crippen molar-refractivity contribution in [2.45, 2.75) is 43.5 Å². The molecule has 33 heavy (non-hydrogen) atoms. The molecule has 6 nitrogen and oxygen atoms in total. The molecule has 1 heterocycles. The number of anilines is 1. The van der Waals surface area contributed by atoms with Gasteiger partial charge in [0, 0.05) is 12.1 Å². The lowest BCUT2D eigenvalue weighted by Gasteiger charge is -2.24. The molecule has 0 saturated heterocycles. The lowest BCUT2D eigenvalue weighted by molar-refractivity contribution is 0.0950. The molecule has 1 N–H and O–H groups in total. The van der Waals surface area contributed by atoms with Crippen LogP contribution in [0.15, 0.2) is 70.5 Å². The minimum Gasteiger partial charge on any atom is -0.352 e. The van der Waals surface area contributed by atoms with Crippen molar-refractivity contribution in [3.63, 3.8) is 0 Å². The number of carbonyl (C=O) groups excluding carboxylic acids is 2. The van der Waals surface area contributed by atoms with Crippen LogP contribution in [0.2, 0.25) is 0 Å². The third-order valence-electron chi connectivity index (χ3n) is 5.82. The van der Waals surface area contributed by atoms with Crippen LogP contribution in [0.25, 0.3) is 0 Å². The van der Waals surface area contributed by atoms with E-state index in [-0.39, 0.29) is 33.5 Å². The Morgan fingerprint density at radius 1 is 0.970 bits per heavy atom. The van der Waals surface area contributed by atoms with Crippen molar-refractivity contribution in [2.24, 2.45) is 0 Å². The SMILES string of the molecule is CCCNC(=O)c1ccc2c(c1)N(Cc1cc(C)ccc1C)C(=O)c1ccccc1S2(=O)=O. The van der Waals surface area contributed by atoms with Gasteiger partial charge in [0.2, 0.25) is 9.84 Å². The van der Waals surface area contributed by atoms with E-state index < -0.39 is 15.7 Å². The van der Waals surface area contributed by atoms with Gasteiger partial charge >= 0.3 is 0 Å². The Morgan fingerprint density at radius 3 is 2.48 bits per heavy atom. The van der Waals surface area contributed by atoms with Gasteiger partial charge in [-0.1, -0.05) is 42.8 Å². The molecule has 0 bridgehead atoms. The second-order valence-corrected chi connectivity index (χ2v) is 10.1. The number of amides is 2. The van der Waals surface area contributed by atoms with E-state index in [1.807, 2.05) is 39.0 Å². The Kier molecular flexibility index (Phi) is 6.08. The highest BCUT2D eigenvalue weighted by atomic mass is 32.2. The monoisotopic (exact) mass is 462 g/mol. The van der Waals surface area contributed by atoms with Gasteiger partial charge in [-0.05, 0) is 61.7 Å². The number of hydrogen-bond donors (Lipinski definition) is 1. The van der Waals surface area contributed by atoms with Crippen LogP contribution in [0.3, 0.4) is 0 Å². The lowest BCUT2D eigenvalue weighted by atomic mass is 10.0. The van der Waals surface area contributed by atoms with Gasteiger partial charge in [-0.15, -0.1) is 0 Å². The first-order valence-electron chi connectivity index (χ1n) is 10.9. The fourth-order valence-corrected chi connectivity index (χ4v) is 5.62. The van der Waals surface area contributed by atoms with Crippen molar-refractivity contribution in [3.8, 4) is 0 Å². The summed E-state index contributed by atoms with van der Waals surface area (Å²) in [6.45, 7) is 6.56. The van der Waals surface area contributed by atoms with Crippen LogP contribution < -0.4 is 10.2 Å². The maximum atomic E-state index is 13.7. The highest BCUT2D eigenvalue weighted by Gasteiger charge is 2.36. The summed E-state index contributed by atoms with van der Waals surface area (Å²) < 4.78 is 27.1. The predicted molar refractivity (Wildman–Crippen MR) is 127 cm³/mol. The molecule has 2 amide bonds. The molecule has 7 heteroatoms. The number of rotatable bonds is 5. The lowest BCUT2D eigenvalue weighted by Crippen LogP contribution is -2.31. The number of nitrogens with zero attached hydrogens (tertiary/aromatic N) is 1. The van der Waals surface area contributed by atoms with E-state index in [9.17, 15) is 18.0 Å². The number of carbonyl (C=O) groups is 2. The fourth-order valence-electron chi connectivity index (χ4n) is 3.99. The zero-order valence-electron chi connectivity index (χ0n) is 18.9. The van der Waals surface area contributed by atoms with Crippen molar-refractivity contribution in [1.82, 2.24) is 5.32 Å². The minimum absolute atomic E-state index is 0.0122. The van der Waals surface area contributed by atoms with E-state index >= 15 is 0 Å². The van der Waals surface area contributed by atoms with Gasteiger partial charge < -0.3 is 10.2 Å². The smallest absolute Gasteiger partial charge is 0.259 e. The molecule has 0 radical (unpaired) electrons. The molecule has 170 valence electrons. The van der Waals surface area contributed by atoms with Crippen LogP contribution in [-0.4, -0.2) is 26.8 Å². The Bertz CT molecular complexity index is 1360. The molecule has 0 aliphatic carbocycles. The molecule has 3 aromatic rings. The first-order chi connectivity index (χ1) is 15.7. The number of sulfone groups is 1. The molecule has 3 aromatic carbocycles. The average molecular weight is 463 g/mol. The molecule has 0 saturated carbocycles. The topological polar surface area (TPSA) is 83.6 Å². The maximum Gasteiger partial charge on any atom is 0.259 e. The predicted octanol–water partition coefficient (Wildman–Crippen LogP) is 4.44. The van der Waals surface area contributed by atoms with E-state index in [1.54, 1.807) is 12.1 Å². The number of aryl methyl sites for hydroxylation is 2. The molecular formula is C26H26N2O4S. The largest absolute Gasteiger partial charge is 0.352 e. The Labute approximate surface area is 194 Å². The van der Waals surface area contributed by atoms with E-state index in [0.717, 1.165) is 23.1 Å². The summed E-state index contributed by atoms with van der Waals surface area (Å²) in [5.74, 6) is -0.724. The normalized spacial score (nSPS) is 14.3. The van der Waals surface area contributed by atoms with Gasteiger partial charge in [-0.3, -0.25) is 9.59 Å². The second-order valence-electron chi connectivity index (χ2n) is 8.26. The molecule has 0 spiro atoms. The van der Waals surface area contributed by atoms with Crippen LogP contribution in [0.1, 0.15) is 50.8 Å². The van der Waals surface area contributed by atoms with Crippen molar-refractivity contribution in [1.29, 1.82) is 0 Å². The first kappa shape index (κ1) is 22.7. The third kappa shape index (κ3) is 4.16. The summed E-state index contributed by atoms with van der Waals surface area (Å²) in [6, 6.07) is 16.6. The molecule has 0 fully saturated rings. The fraction of sp³-hybridized carbons (Fsp3) is 0.231. The molecular weight excluding hydrogens is 436 g/mol. The van der Waals surface area contributed by atoms with Crippen LogP contribution >= 0.6 is 0 Å². The van der Waals surface area contributed by atoms with Gasteiger partial charge in [0.05, 0.1) is 27.6 Å². The van der Waals surface area contributed by atoms with E-state index in [4.69, 9.17) is 0 Å². The third-order valence-corrected chi connectivity index (χ3v) is 7.68. The molecule has 4 rings (SSSR count). The quantitative estimate of drug-likeness (QED) is 0.608. The summed E-state index contributed by atoms with van der Waals surface area (Å²) >= 11 is 0. The van der Waals surface area contributed by atoms with E-state index in [2.05, 4.69) is 5.32 Å². The number of nitrogens with one attached hydrogen (secondary N) is 1. The highest BCUT2D eigenvalue weighted by molar-refractivity contribution is 7.91. The van der Waals surface area contributed by atoms with E-state index in [0.29, 0.717) is 12.1 Å². The Balaban J connectivity index is 1.94. The van der Waals surface area contributed by atoms with Crippen molar-refractivity contribution in [3.05, 3.63) is 88.5 Å². The molecule has 1 aliphatic rings. The van der Waals surface area contributed by atoms with Gasteiger partial charge in [0.1, 0.15) is 0 Å². The van der Waals surface area contributed by atoms with Crippen molar-refractivity contribution < 1.29 is 18.0 Å². The Hall–Kier alpha value is -3.45. The van der Waals surface area contributed by atoms with E-state index in [1.165, 1.54) is 35.2 Å². The first-order valence-corrected chi connectivity index (χ1v) is 12.4. The summed E-state index contributed by atoms with van der Waals surface area (Å²) in [6.07, 6.45) is 0.775. The summed E-state index contributed by atoms with van der Waals surface area (Å²) in [5, 5.41) is 2.81. The average Bonchev–Trinajstić information content (AvgIpc) is 2.88. The zero-order valence-corrected chi connectivity index (χ0v) is 19.7. The van der Waals surface area contributed by atoms with Crippen LogP contribution in [0.5, 0.6) is 0 Å². The maximum absolute atomic E-state index is 13.7. The van der Waals surface area contributed by atoms with Crippen molar-refractivity contribution in [2.75, 3.05) is 11.4 Å². The molecule has 0 unspecified atom stereocenters. The number of hydrogen-bond acceptors (Lipinski definition) is 4. The molecule has 1 aliphatic heterocycles. The van der Waals surface area contributed by atoms with Crippen LogP contribution in [-0.2, 0) is 16.4 Å². The van der Waals surface area contributed by atoms with Gasteiger partial charge in [0.15, 0.2) is 0 Å².